The van der Waals surface area contributed by atoms with Gasteiger partial charge < -0.3 is 33.0 Å². The smallest absolute Gasteiger partial charge is 0.573 e. The average Bonchev–Trinajstić information content (AvgIpc) is 3.52. The van der Waals surface area contributed by atoms with Gasteiger partial charge in [-0.2, -0.15) is 0 Å². The molecule has 232 valence electrons. The molecule has 3 heterocycles. The Hall–Kier alpha value is -3.89. The maximum absolute atomic E-state index is 13.2. The van der Waals surface area contributed by atoms with Gasteiger partial charge in [-0.25, -0.2) is 13.2 Å². The van der Waals surface area contributed by atoms with Gasteiger partial charge in [0.15, 0.2) is 23.7 Å². The first-order valence-corrected chi connectivity index (χ1v) is 14.4. The van der Waals surface area contributed by atoms with Crippen LogP contribution >= 0.6 is 0 Å². The molecule has 0 radical (unpaired) electrons. The molecule has 0 aliphatic carbocycles. The minimum atomic E-state index is -5.07. The van der Waals surface area contributed by atoms with Crippen molar-refractivity contribution in [3.63, 3.8) is 0 Å². The second-order valence-corrected chi connectivity index (χ2v) is 12.0. The number of ether oxygens (including phenoxy) is 6. The first-order chi connectivity index (χ1) is 20.0. The summed E-state index contributed by atoms with van der Waals surface area (Å²) in [5.41, 5.74) is -0.807. The monoisotopic (exact) mass is 629 g/mol. The Bertz CT molecular complexity index is 1530. The molecule has 12 nitrogen and oxygen atoms in total. The van der Waals surface area contributed by atoms with Gasteiger partial charge >= 0.3 is 24.3 Å². The van der Waals surface area contributed by atoms with E-state index in [0.29, 0.717) is 5.56 Å². The number of rotatable bonds is 10. The highest BCUT2D eigenvalue weighted by atomic mass is 32.2. The van der Waals surface area contributed by atoms with Crippen molar-refractivity contribution >= 4 is 28.0 Å². The summed E-state index contributed by atoms with van der Waals surface area (Å²) < 4.78 is 103. The normalized spacial score (nSPS) is 26.1. The van der Waals surface area contributed by atoms with Gasteiger partial charge in [0.05, 0.1) is 21.4 Å². The minimum Gasteiger partial charge on any atom is -0.748 e. The molecule has 2 bridgehead atoms. The molecule has 3 fully saturated rings. The van der Waals surface area contributed by atoms with Crippen LogP contribution in [-0.4, -0.2) is 74.0 Å². The zero-order valence-corrected chi connectivity index (χ0v) is 23.3. The van der Waals surface area contributed by atoms with Crippen LogP contribution in [0.15, 0.2) is 48.5 Å². The van der Waals surface area contributed by atoms with Gasteiger partial charge in [0.2, 0.25) is 0 Å². The van der Waals surface area contributed by atoms with E-state index < -0.39 is 100 Å². The van der Waals surface area contributed by atoms with Gasteiger partial charge in [0.25, 0.3) is 0 Å². The highest BCUT2D eigenvalue weighted by Crippen LogP contribution is 2.51. The van der Waals surface area contributed by atoms with Crippen LogP contribution in [0, 0.1) is 11.8 Å². The lowest BCUT2D eigenvalue weighted by atomic mass is 9.78. The van der Waals surface area contributed by atoms with E-state index >= 15 is 0 Å². The van der Waals surface area contributed by atoms with Crippen molar-refractivity contribution in [1.82, 2.24) is 0 Å². The fourth-order valence-electron chi connectivity index (χ4n) is 5.37. The zero-order chi connectivity index (χ0) is 31.3. The maximum Gasteiger partial charge on any atom is 0.573 e. The number of hydrogen-bond donors (Lipinski definition) is 0. The number of carbonyl (C=O) groups is 3. The molecule has 0 N–H and O–H groups in total. The summed E-state index contributed by atoms with van der Waals surface area (Å²) in [6.07, 6.45) is -9.63. The second kappa shape index (κ2) is 11.0. The number of esters is 3. The number of fused-ring (bicyclic) bond motifs is 1. The molecule has 3 saturated heterocycles. The summed E-state index contributed by atoms with van der Waals surface area (Å²) in [5.74, 6) is -7.48. The fraction of sp³-hybridized carbons (Fsp3) is 0.444. The van der Waals surface area contributed by atoms with Crippen LogP contribution < -0.4 is 9.47 Å². The Labute approximate surface area is 242 Å². The molecule has 2 aromatic rings. The Morgan fingerprint density at radius 3 is 2.33 bits per heavy atom. The third-order valence-corrected chi connectivity index (χ3v) is 7.90. The molecule has 5 rings (SSSR count). The van der Waals surface area contributed by atoms with Crippen LogP contribution in [0.1, 0.15) is 29.8 Å². The predicted molar refractivity (Wildman–Crippen MR) is 133 cm³/mol. The minimum absolute atomic E-state index is 0.253. The maximum atomic E-state index is 13.2. The van der Waals surface area contributed by atoms with Gasteiger partial charge in [0, 0.05) is 0 Å². The van der Waals surface area contributed by atoms with Gasteiger partial charge in [-0.05, 0) is 37.6 Å². The molecule has 2 aromatic carbocycles. The molecule has 3 aliphatic heterocycles. The highest BCUT2D eigenvalue weighted by Gasteiger charge is 2.72. The molecule has 16 heteroatoms. The number of benzene rings is 2. The van der Waals surface area contributed by atoms with Crippen molar-refractivity contribution in [2.75, 3.05) is 12.4 Å². The van der Waals surface area contributed by atoms with Crippen molar-refractivity contribution in [3.05, 3.63) is 59.7 Å². The van der Waals surface area contributed by atoms with Crippen molar-refractivity contribution in [2.45, 2.75) is 50.2 Å². The zero-order valence-electron chi connectivity index (χ0n) is 22.4. The summed E-state index contributed by atoms with van der Waals surface area (Å²) >= 11 is 0. The Morgan fingerprint density at radius 1 is 0.977 bits per heavy atom. The fourth-order valence-corrected chi connectivity index (χ4v) is 5.66. The number of hydrogen-bond acceptors (Lipinski definition) is 12. The summed E-state index contributed by atoms with van der Waals surface area (Å²) in [7, 11) is -4.68. The number of halogens is 3. The van der Waals surface area contributed by atoms with Crippen LogP contribution in [0.4, 0.5) is 13.2 Å². The summed E-state index contributed by atoms with van der Waals surface area (Å²) in [5, 5.41) is 0. The van der Waals surface area contributed by atoms with Crippen molar-refractivity contribution in [3.8, 4) is 11.5 Å². The molecule has 0 spiro atoms. The summed E-state index contributed by atoms with van der Waals surface area (Å²) in [6.45, 7) is 2.45. The molecular weight excluding hydrogens is 605 g/mol. The molecule has 0 aromatic heterocycles. The first-order valence-electron chi connectivity index (χ1n) is 12.9. The largest absolute Gasteiger partial charge is 0.748 e. The van der Waals surface area contributed by atoms with Gasteiger partial charge in [-0.3, -0.25) is 9.59 Å². The van der Waals surface area contributed by atoms with Gasteiger partial charge in [0.1, 0.15) is 36.3 Å². The molecule has 6 unspecified atom stereocenters. The van der Waals surface area contributed by atoms with Gasteiger partial charge in [-0.1, -0.05) is 30.3 Å². The Kier molecular flexibility index (Phi) is 7.81. The molecule has 6 atom stereocenters. The lowest BCUT2D eigenvalue weighted by molar-refractivity contribution is -0.275. The summed E-state index contributed by atoms with van der Waals surface area (Å²) in [6, 6.07) is 11.5. The van der Waals surface area contributed by atoms with Gasteiger partial charge in [-0.15, -0.1) is 13.2 Å². The standard InChI is InChI=1S/C27H25F3O12S/c1-26(2,14-6-4-3-5-7-14)41-16-12-13(8-9-15(16)42-27(28,29)30)23(31)39-21-19-17(24(32)37-10-11-43(34,35)36)18-20(38-19)22(21)40-25(18)33/h3-9,12,17-22H,10-11H2,1-2H3,(H,34,35,36)/p-1. The molecule has 0 saturated carbocycles. The molecule has 3 aliphatic rings. The van der Waals surface area contributed by atoms with Crippen molar-refractivity contribution < 1.29 is 68.9 Å². The molecule has 43 heavy (non-hydrogen) atoms. The third-order valence-electron chi connectivity index (χ3n) is 7.24. The number of carbonyl (C=O) groups excluding carboxylic acids is 3. The van der Waals surface area contributed by atoms with Crippen molar-refractivity contribution in [2.24, 2.45) is 11.8 Å². The van der Waals surface area contributed by atoms with E-state index in [1.54, 1.807) is 44.2 Å². The Morgan fingerprint density at radius 2 is 1.67 bits per heavy atom. The average molecular weight is 630 g/mol. The topological polar surface area (TPSA) is 164 Å². The van der Waals surface area contributed by atoms with Crippen LogP contribution in [-0.2, 0) is 44.3 Å². The van der Waals surface area contributed by atoms with Crippen LogP contribution in [0.3, 0.4) is 0 Å². The molecule has 0 amide bonds. The first kappa shape index (κ1) is 30.6. The SMILES string of the molecule is CC(C)(Oc1cc(C(=O)OC2C3OC(=O)C4C3OC2C4C(=O)OCCS(=O)(=O)[O-])ccc1OC(F)(F)F)c1ccccc1. The second-order valence-electron chi connectivity index (χ2n) is 10.5. The number of alkyl halides is 3. The third kappa shape index (κ3) is 6.40. The van der Waals surface area contributed by atoms with E-state index in [4.69, 9.17) is 23.7 Å². The Balaban J connectivity index is 1.37. The van der Waals surface area contributed by atoms with E-state index in [-0.39, 0.29) is 5.56 Å². The lowest BCUT2D eigenvalue weighted by Crippen LogP contribution is -2.48. The van der Waals surface area contributed by atoms with Crippen LogP contribution in [0.2, 0.25) is 0 Å². The van der Waals surface area contributed by atoms with E-state index in [9.17, 15) is 40.5 Å². The quantitative estimate of drug-likeness (QED) is 0.215. The van der Waals surface area contributed by atoms with Crippen LogP contribution in [0.5, 0.6) is 11.5 Å². The highest BCUT2D eigenvalue weighted by molar-refractivity contribution is 7.85. The van der Waals surface area contributed by atoms with Crippen molar-refractivity contribution in [1.29, 1.82) is 0 Å². The van der Waals surface area contributed by atoms with E-state index in [2.05, 4.69) is 4.74 Å². The van der Waals surface area contributed by atoms with Crippen LogP contribution in [0.25, 0.3) is 0 Å². The van der Waals surface area contributed by atoms with E-state index in [1.165, 1.54) is 0 Å². The predicted octanol–water partition coefficient (Wildman–Crippen LogP) is 2.45. The van der Waals surface area contributed by atoms with E-state index in [1.807, 2.05) is 0 Å². The van der Waals surface area contributed by atoms with E-state index in [0.717, 1.165) is 18.2 Å². The summed E-state index contributed by atoms with van der Waals surface area (Å²) in [4.78, 5) is 38.4. The lowest BCUT2D eigenvalue weighted by Gasteiger charge is -2.29. The molecular formula is C27H24F3O12S-.